The zero-order chi connectivity index (χ0) is 5.86. The maximum atomic E-state index is 6.53. The van der Waals surface area contributed by atoms with E-state index in [1.165, 1.54) is 0 Å². The van der Waals surface area contributed by atoms with Crippen molar-refractivity contribution in [2.24, 2.45) is 11.0 Å². The van der Waals surface area contributed by atoms with Crippen molar-refractivity contribution in [2.75, 3.05) is 0 Å². The van der Waals surface area contributed by atoms with Crippen LogP contribution in [0.15, 0.2) is 5.10 Å². The molecular weight excluding hydrogens is 88.1 g/mol. The van der Waals surface area contributed by atoms with Gasteiger partial charge in [0, 0.05) is 5.71 Å². The first-order valence-corrected chi connectivity index (χ1v) is 2.39. The smallest absolute Gasteiger partial charge is 0.0393 e. The van der Waals surface area contributed by atoms with Gasteiger partial charge >= 0.3 is 0 Å². The summed E-state index contributed by atoms with van der Waals surface area (Å²) in [5.41, 5.74) is 0.889. The fourth-order valence-corrected chi connectivity index (χ4v) is 0.129. The van der Waals surface area contributed by atoms with Crippen LogP contribution in [0.3, 0.4) is 0 Å². The van der Waals surface area contributed by atoms with Crippen molar-refractivity contribution in [2.45, 2.75) is 20.8 Å². The van der Waals surface area contributed by atoms with Crippen molar-refractivity contribution >= 4 is 5.71 Å². The highest BCUT2D eigenvalue weighted by molar-refractivity contribution is 5.83. The summed E-state index contributed by atoms with van der Waals surface area (Å²) in [4.78, 5) is 0. The molecule has 0 spiro atoms. The van der Waals surface area contributed by atoms with Crippen LogP contribution in [0.4, 0.5) is 0 Å². The van der Waals surface area contributed by atoms with Gasteiger partial charge in [-0.3, -0.25) is 0 Å². The predicted octanol–water partition coefficient (Wildman–Crippen LogP) is 1.30. The highest BCUT2D eigenvalue weighted by atomic mass is 15.1. The molecule has 0 atom stereocenters. The van der Waals surface area contributed by atoms with Gasteiger partial charge in [-0.25, -0.2) is 5.84 Å². The summed E-state index contributed by atoms with van der Waals surface area (Å²) in [6, 6.07) is 0. The van der Waals surface area contributed by atoms with Gasteiger partial charge in [0.1, 0.15) is 0 Å². The lowest BCUT2D eigenvalue weighted by atomic mass is 10.1. The lowest BCUT2D eigenvalue weighted by molar-refractivity contribution is 0.866. The lowest BCUT2D eigenvalue weighted by Crippen LogP contribution is -2.00. The van der Waals surface area contributed by atoms with Crippen molar-refractivity contribution in [3.05, 3.63) is 0 Å². The number of hydrogen-bond donors (Lipinski definition) is 0. The Morgan fingerprint density at radius 1 is 1.57 bits per heavy atom. The van der Waals surface area contributed by atoms with E-state index in [9.17, 15) is 0 Å². The normalized spacial score (nSPS) is 12.9. The minimum atomic E-state index is 0.428. The second-order valence-electron chi connectivity index (χ2n) is 1.91. The molecule has 0 unspecified atom stereocenters. The third-order valence-electron chi connectivity index (χ3n) is 1.01. The van der Waals surface area contributed by atoms with E-state index in [1.807, 2.05) is 20.8 Å². The molecule has 7 heavy (non-hydrogen) atoms. The summed E-state index contributed by atoms with van der Waals surface area (Å²) in [5.74, 6) is 6.96. The fourth-order valence-electron chi connectivity index (χ4n) is 0.129. The van der Waals surface area contributed by atoms with Crippen molar-refractivity contribution in [3.63, 3.8) is 0 Å². The van der Waals surface area contributed by atoms with Gasteiger partial charge in [-0.05, 0) is 12.8 Å². The molecule has 0 aromatic heterocycles. The summed E-state index contributed by atoms with van der Waals surface area (Å²) >= 11 is 0. The Hall–Kier alpha value is -0.530. The van der Waals surface area contributed by atoms with Gasteiger partial charge in [0.2, 0.25) is 0 Å². The molecule has 0 aliphatic carbocycles. The van der Waals surface area contributed by atoms with Crippen LogP contribution in [-0.2, 0) is 0 Å². The molecule has 1 N–H and O–H groups in total. The van der Waals surface area contributed by atoms with E-state index in [-0.39, 0.29) is 0 Å². The van der Waals surface area contributed by atoms with E-state index >= 15 is 0 Å². The van der Waals surface area contributed by atoms with Crippen molar-refractivity contribution in [3.8, 4) is 0 Å². The van der Waals surface area contributed by atoms with Crippen LogP contribution in [0.5, 0.6) is 0 Å². The van der Waals surface area contributed by atoms with E-state index < -0.39 is 0 Å². The quantitative estimate of drug-likeness (QED) is 0.351. The van der Waals surface area contributed by atoms with Gasteiger partial charge in [-0.2, -0.15) is 5.10 Å². The minimum Gasteiger partial charge on any atom is -0.205 e. The van der Waals surface area contributed by atoms with Crippen molar-refractivity contribution in [1.82, 2.24) is 5.84 Å². The zero-order valence-electron chi connectivity index (χ0n) is 5.02. The van der Waals surface area contributed by atoms with E-state index in [0.717, 1.165) is 5.71 Å². The molecule has 2 nitrogen and oxygen atoms in total. The van der Waals surface area contributed by atoms with Crippen LogP contribution in [0, 0.1) is 5.92 Å². The van der Waals surface area contributed by atoms with Crippen molar-refractivity contribution < 1.29 is 0 Å². The van der Waals surface area contributed by atoms with Crippen LogP contribution < -0.4 is 5.84 Å². The zero-order valence-corrected chi connectivity index (χ0v) is 5.02. The van der Waals surface area contributed by atoms with Gasteiger partial charge in [-0.1, -0.05) is 13.8 Å². The summed E-state index contributed by atoms with van der Waals surface area (Å²) in [7, 11) is 0. The molecule has 0 rings (SSSR count). The predicted molar refractivity (Wildman–Crippen MR) is 31.0 cm³/mol. The molecule has 0 saturated carbocycles. The monoisotopic (exact) mass is 99.1 g/mol. The van der Waals surface area contributed by atoms with Gasteiger partial charge in [0.25, 0.3) is 0 Å². The first-order valence-electron chi connectivity index (χ1n) is 2.39. The maximum Gasteiger partial charge on any atom is 0.0393 e. The lowest BCUT2D eigenvalue weighted by Gasteiger charge is -1.97. The van der Waals surface area contributed by atoms with Crippen LogP contribution in [-0.4, -0.2) is 5.71 Å². The minimum absolute atomic E-state index is 0.428. The number of nitrogens with zero attached hydrogens (tertiary/aromatic N) is 1. The van der Waals surface area contributed by atoms with E-state index in [2.05, 4.69) is 5.10 Å². The van der Waals surface area contributed by atoms with Gasteiger partial charge in [0.05, 0.1) is 0 Å². The third-order valence-corrected chi connectivity index (χ3v) is 1.01. The first kappa shape index (κ1) is 6.47. The molecule has 1 radical (unpaired) electrons. The molecule has 0 aromatic carbocycles. The van der Waals surface area contributed by atoms with Crippen LogP contribution >= 0.6 is 0 Å². The molecule has 0 aromatic rings. The Labute approximate surface area is 44.4 Å². The van der Waals surface area contributed by atoms with Crippen LogP contribution in [0.2, 0.25) is 0 Å². The number of nitrogens with one attached hydrogen (secondary N) is 1. The average Bonchev–Trinajstić information content (AvgIpc) is 1.65. The molecule has 0 amide bonds. The second-order valence-corrected chi connectivity index (χ2v) is 1.91. The van der Waals surface area contributed by atoms with Crippen molar-refractivity contribution in [1.29, 1.82) is 0 Å². The molecule has 0 fully saturated rings. The Balaban J connectivity index is 3.56. The second kappa shape index (κ2) is 2.61. The Morgan fingerprint density at radius 3 is 2.00 bits per heavy atom. The maximum absolute atomic E-state index is 6.53. The number of rotatable bonds is 1. The molecule has 0 heterocycles. The molecular formula is C5H11N2. The first-order chi connectivity index (χ1) is 3.18. The molecule has 0 bridgehead atoms. The van der Waals surface area contributed by atoms with Gasteiger partial charge in [-0.15, -0.1) is 0 Å². The molecule has 0 aliphatic heterocycles. The summed E-state index contributed by atoms with van der Waals surface area (Å²) in [6.45, 7) is 5.90. The van der Waals surface area contributed by atoms with Crippen LogP contribution in [0.25, 0.3) is 0 Å². The fraction of sp³-hybridized carbons (Fsp3) is 0.800. The van der Waals surface area contributed by atoms with Gasteiger partial charge < -0.3 is 0 Å². The summed E-state index contributed by atoms with van der Waals surface area (Å²) in [6.07, 6.45) is 0. The molecule has 0 aliphatic rings. The molecule has 2 heteroatoms. The highest BCUT2D eigenvalue weighted by Crippen LogP contribution is 1.92. The number of hydrogen-bond acceptors (Lipinski definition) is 1. The highest BCUT2D eigenvalue weighted by Gasteiger charge is 1.93. The third kappa shape index (κ3) is 2.20. The Kier molecular flexibility index (Phi) is 2.41. The standard InChI is InChI=1S/C5H11N2/c1-4(2)5(3)7-6/h4,6H,1-3H3/b7-5-. The molecule has 0 saturated heterocycles. The largest absolute Gasteiger partial charge is 0.205 e. The van der Waals surface area contributed by atoms with E-state index in [0.29, 0.717) is 5.92 Å². The SMILES string of the molecule is C/C(=N/[NH])C(C)C. The van der Waals surface area contributed by atoms with Gasteiger partial charge in [0.15, 0.2) is 0 Å². The summed E-state index contributed by atoms with van der Waals surface area (Å²) < 4.78 is 0. The summed E-state index contributed by atoms with van der Waals surface area (Å²) in [5, 5.41) is 3.25. The van der Waals surface area contributed by atoms with Crippen LogP contribution in [0.1, 0.15) is 20.8 Å². The topological polar surface area (TPSA) is 36.2 Å². The Morgan fingerprint density at radius 2 is 2.00 bits per heavy atom. The average molecular weight is 99.2 g/mol. The molecule has 41 valence electrons. The Bertz CT molecular complexity index is 74.1. The van der Waals surface area contributed by atoms with E-state index in [1.54, 1.807) is 0 Å². The van der Waals surface area contributed by atoms with E-state index in [4.69, 9.17) is 5.84 Å².